The number of nitriles is 2. The van der Waals surface area contributed by atoms with Crippen LogP contribution in [-0.2, 0) is 12.8 Å². The van der Waals surface area contributed by atoms with Crippen molar-refractivity contribution in [2.75, 3.05) is 4.90 Å². The average Bonchev–Trinajstić information content (AvgIpc) is 3.36. The smallest absolute Gasteiger partial charge is 0.0998 e. The van der Waals surface area contributed by atoms with E-state index in [4.69, 9.17) is 0 Å². The highest BCUT2D eigenvalue weighted by atomic mass is 15.2. The molecule has 52 heavy (non-hydrogen) atoms. The van der Waals surface area contributed by atoms with Gasteiger partial charge < -0.3 is 9.47 Å². The van der Waals surface area contributed by atoms with Crippen LogP contribution in [0.4, 0.5) is 11.4 Å². The Bertz CT molecular complexity index is 2630. The summed E-state index contributed by atoms with van der Waals surface area (Å²) in [7, 11) is 0. The standard InChI is InChI=1S/C48H36N4/c1-32-21-26-46-42(27-32)41-16-6-8-19-45(41)51(46)39-15-9-13-33(22-24-39)40-25-23-36(29-38(40)31-50)48-37(30-49)14-10-20-47(48)52-43-17-4-2-3-11-34(43)28-35-12-5-7-18-44(35)52/h3-8,10-20,22-25,27,29H,2,9,21,26,28H2,1H3. The summed E-state index contributed by atoms with van der Waals surface area (Å²) in [5.41, 5.74) is 16.8. The van der Waals surface area contributed by atoms with Gasteiger partial charge in [0.05, 0.1) is 34.5 Å². The molecule has 0 saturated heterocycles. The lowest BCUT2D eigenvalue weighted by molar-refractivity contribution is 0.865. The Morgan fingerprint density at radius 1 is 0.712 bits per heavy atom. The molecule has 9 rings (SSSR count). The van der Waals surface area contributed by atoms with Gasteiger partial charge in [0.2, 0.25) is 0 Å². The lowest BCUT2D eigenvalue weighted by Gasteiger charge is -2.35. The molecule has 0 amide bonds. The third kappa shape index (κ3) is 5.20. The number of para-hydroxylation sites is 2. The van der Waals surface area contributed by atoms with E-state index in [1.807, 2.05) is 18.2 Å². The molecule has 0 spiro atoms. The Kier molecular flexibility index (Phi) is 7.80. The van der Waals surface area contributed by atoms with E-state index in [2.05, 4.69) is 150 Å². The number of rotatable bonds is 4. The van der Waals surface area contributed by atoms with E-state index in [1.165, 1.54) is 38.9 Å². The number of hydrogen-bond donors (Lipinski definition) is 0. The fraction of sp³-hybridized carbons (Fsp3) is 0.125. The van der Waals surface area contributed by atoms with Crippen LogP contribution in [0.15, 0.2) is 150 Å². The van der Waals surface area contributed by atoms with E-state index in [0.717, 1.165) is 77.1 Å². The van der Waals surface area contributed by atoms with Gasteiger partial charge in [0, 0.05) is 45.7 Å². The summed E-state index contributed by atoms with van der Waals surface area (Å²) in [4.78, 5) is 2.29. The molecule has 0 bridgehead atoms. The van der Waals surface area contributed by atoms with E-state index in [-0.39, 0.29) is 0 Å². The van der Waals surface area contributed by atoms with Crippen LogP contribution in [0, 0.1) is 22.7 Å². The fourth-order valence-corrected chi connectivity index (χ4v) is 8.31. The van der Waals surface area contributed by atoms with Gasteiger partial charge in [-0.25, -0.2) is 0 Å². The topological polar surface area (TPSA) is 55.8 Å². The molecule has 0 N–H and O–H groups in total. The summed E-state index contributed by atoms with van der Waals surface area (Å²) < 4.78 is 2.43. The lowest BCUT2D eigenvalue weighted by Crippen LogP contribution is -2.23. The van der Waals surface area contributed by atoms with Crippen LogP contribution in [0.3, 0.4) is 0 Å². The van der Waals surface area contributed by atoms with Crippen LogP contribution in [0.2, 0.25) is 0 Å². The van der Waals surface area contributed by atoms with Gasteiger partial charge in [0.25, 0.3) is 0 Å². The number of hydrogen-bond acceptors (Lipinski definition) is 3. The van der Waals surface area contributed by atoms with Crippen molar-refractivity contribution >= 4 is 39.6 Å². The van der Waals surface area contributed by atoms with Gasteiger partial charge in [0.15, 0.2) is 0 Å². The van der Waals surface area contributed by atoms with E-state index >= 15 is 0 Å². The molecule has 2 heterocycles. The third-order valence-electron chi connectivity index (χ3n) is 10.7. The maximum absolute atomic E-state index is 10.6. The molecule has 1 aliphatic heterocycles. The predicted molar refractivity (Wildman–Crippen MR) is 213 cm³/mol. The number of aromatic nitrogens is 1. The molecule has 0 unspecified atom stereocenters. The summed E-state index contributed by atoms with van der Waals surface area (Å²) in [5, 5.41) is 22.3. The van der Waals surface area contributed by atoms with Crippen LogP contribution in [0.5, 0.6) is 0 Å². The number of benzene rings is 4. The number of allylic oxidation sites excluding steroid dienone is 12. The zero-order chi connectivity index (χ0) is 35.2. The molecule has 0 saturated carbocycles. The second-order valence-electron chi connectivity index (χ2n) is 13.8. The highest BCUT2D eigenvalue weighted by Crippen LogP contribution is 2.46. The maximum Gasteiger partial charge on any atom is 0.0998 e. The minimum atomic E-state index is 0.572. The van der Waals surface area contributed by atoms with E-state index in [9.17, 15) is 10.5 Å². The first-order chi connectivity index (χ1) is 25.6. The van der Waals surface area contributed by atoms with Crippen molar-refractivity contribution in [3.8, 4) is 23.3 Å². The van der Waals surface area contributed by atoms with Crippen LogP contribution < -0.4 is 4.90 Å². The van der Waals surface area contributed by atoms with E-state index in [0.29, 0.717) is 11.1 Å². The molecule has 4 nitrogen and oxygen atoms in total. The molecule has 4 heteroatoms. The molecule has 0 atom stereocenters. The van der Waals surface area contributed by atoms with Gasteiger partial charge in [-0.15, -0.1) is 0 Å². The van der Waals surface area contributed by atoms with Crippen molar-refractivity contribution in [3.05, 3.63) is 184 Å². The second kappa shape index (κ2) is 12.9. The lowest BCUT2D eigenvalue weighted by atomic mass is 9.90. The van der Waals surface area contributed by atoms with Crippen molar-refractivity contribution in [1.82, 2.24) is 4.57 Å². The second-order valence-corrected chi connectivity index (χ2v) is 13.8. The molecule has 5 aromatic rings. The van der Waals surface area contributed by atoms with Gasteiger partial charge in [-0.2, -0.15) is 10.5 Å². The molecule has 1 aromatic heterocycles. The highest BCUT2D eigenvalue weighted by Gasteiger charge is 2.28. The summed E-state index contributed by atoms with van der Waals surface area (Å²) >= 11 is 0. The average molecular weight is 669 g/mol. The van der Waals surface area contributed by atoms with Crippen LogP contribution in [0.1, 0.15) is 59.7 Å². The molecule has 0 radical (unpaired) electrons. The molecule has 248 valence electrons. The van der Waals surface area contributed by atoms with Crippen LogP contribution in [-0.4, -0.2) is 4.57 Å². The normalized spacial score (nSPS) is 16.1. The highest BCUT2D eigenvalue weighted by molar-refractivity contribution is 5.96. The number of fused-ring (bicyclic) bond motifs is 4. The molecular formula is C48H36N4. The van der Waals surface area contributed by atoms with Crippen molar-refractivity contribution in [2.24, 2.45) is 0 Å². The van der Waals surface area contributed by atoms with Gasteiger partial charge in [-0.05, 0) is 103 Å². The molecule has 3 aliphatic carbocycles. The monoisotopic (exact) mass is 668 g/mol. The fourth-order valence-electron chi connectivity index (χ4n) is 8.31. The van der Waals surface area contributed by atoms with Crippen molar-refractivity contribution < 1.29 is 0 Å². The predicted octanol–water partition coefficient (Wildman–Crippen LogP) is 11.7. The van der Waals surface area contributed by atoms with Gasteiger partial charge >= 0.3 is 0 Å². The summed E-state index contributed by atoms with van der Waals surface area (Å²) in [6.45, 7) is 2.22. The van der Waals surface area contributed by atoms with Gasteiger partial charge in [-0.1, -0.05) is 103 Å². The van der Waals surface area contributed by atoms with Crippen molar-refractivity contribution in [1.29, 1.82) is 10.5 Å². The van der Waals surface area contributed by atoms with Crippen LogP contribution in [0.25, 0.3) is 39.4 Å². The van der Waals surface area contributed by atoms with E-state index < -0.39 is 0 Å². The summed E-state index contributed by atoms with van der Waals surface area (Å²) in [6.07, 6.45) is 24.6. The largest absolute Gasteiger partial charge is 0.313 e. The minimum Gasteiger partial charge on any atom is -0.313 e. The quantitative estimate of drug-likeness (QED) is 0.191. The van der Waals surface area contributed by atoms with E-state index in [1.54, 1.807) is 0 Å². The SMILES string of the molecule is CC1=Cc2c(n(C3=CCC=C(c4ccc(-c5c(C#N)cccc5N5C6=C(C=CCC=C6)Cc6ccccc65)cc4C#N)C=C3)c3ccccc23)CC1. The third-order valence-corrected chi connectivity index (χ3v) is 10.7. The summed E-state index contributed by atoms with van der Waals surface area (Å²) in [5.74, 6) is 0. The summed E-state index contributed by atoms with van der Waals surface area (Å²) in [6, 6.07) is 34.2. The van der Waals surface area contributed by atoms with Crippen molar-refractivity contribution in [2.45, 2.75) is 39.0 Å². The van der Waals surface area contributed by atoms with Crippen molar-refractivity contribution in [3.63, 3.8) is 0 Å². The Morgan fingerprint density at radius 3 is 2.44 bits per heavy atom. The Balaban J connectivity index is 1.12. The molecular weight excluding hydrogens is 633 g/mol. The number of anilines is 2. The Hall–Kier alpha value is -6.62. The zero-order valence-corrected chi connectivity index (χ0v) is 29.1. The first kappa shape index (κ1) is 31.4. The van der Waals surface area contributed by atoms with Gasteiger partial charge in [-0.3, -0.25) is 0 Å². The molecule has 4 aliphatic rings. The van der Waals surface area contributed by atoms with Crippen LogP contribution >= 0.6 is 0 Å². The maximum atomic E-state index is 10.6. The molecule has 4 aromatic carbocycles. The molecule has 0 fully saturated rings. The first-order valence-electron chi connectivity index (χ1n) is 18.0. The Morgan fingerprint density at radius 2 is 1.54 bits per heavy atom. The zero-order valence-electron chi connectivity index (χ0n) is 29.1. The minimum absolute atomic E-state index is 0.572. The first-order valence-corrected chi connectivity index (χ1v) is 18.0. The Labute approximate surface area is 304 Å². The number of nitrogens with zero attached hydrogens (tertiary/aromatic N) is 4. The van der Waals surface area contributed by atoms with Gasteiger partial charge in [0.1, 0.15) is 0 Å².